The van der Waals surface area contributed by atoms with Crippen LogP contribution >= 0.6 is 0 Å². The van der Waals surface area contributed by atoms with Gasteiger partial charge in [-0.1, -0.05) is 24.3 Å². The van der Waals surface area contributed by atoms with Crippen molar-refractivity contribution in [2.75, 3.05) is 44.8 Å². The van der Waals surface area contributed by atoms with Crippen molar-refractivity contribution in [3.63, 3.8) is 0 Å². The largest absolute Gasteiger partial charge is 0.493 e. The summed E-state index contributed by atoms with van der Waals surface area (Å²) >= 11 is 0. The molecule has 0 bridgehead atoms. The van der Waals surface area contributed by atoms with Crippen molar-refractivity contribution in [3.8, 4) is 16.9 Å². The number of nitrogens with one attached hydrogen (secondary N) is 1. The van der Waals surface area contributed by atoms with Crippen molar-refractivity contribution >= 4 is 23.2 Å². The molecule has 1 fully saturated rings. The summed E-state index contributed by atoms with van der Waals surface area (Å²) in [6.45, 7) is 6.97. The molecule has 7 heteroatoms. The van der Waals surface area contributed by atoms with E-state index in [2.05, 4.69) is 10.2 Å². The van der Waals surface area contributed by atoms with Crippen LogP contribution in [-0.2, 0) is 9.53 Å². The predicted molar refractivity (Wildman–Crippen MR) is 128 cm³/mol. The summed E-state index contributed by atoms with van der Waals surface area (Å²) in [5.41, 5.74) is 3.92. The number of hydrogen-bond acceptors (Lipinski definition) is 4. The number of halogens is 2. The first-order valence-corrected chi connectivity index (χ1v) is 11.5. The second-order valence-corrected chi connectivity index (χ2v) is 8.61. The Morgan fingerprint density at radius 3 is 2.74 bits per heavy atom. The van der Waals surface area contributed by atoms with Crippen molar-refractivity contribution in [2.24, 2.45) is 0 Å². The lowest BCUT2D eigenvalue weighted by Crippen LogP contribution is -2.37. The van der Waals surface area contributed by atoms with E-state index in [9.17, 15) is 13.6 Å². The van der Waals surface area contributed by atoms with Crippen LogP contribution in [0.1, 0.15) is 23.1 Å². The molecule has 1 N–H and O–H groups in total. The van der Waals surface area contributed by atoms with Gasteiger partial charge in [-0.15, -0.1) is 0 Å². The number of aryl methyl sites for hydroxylation is 1. The van der Waals surface area contributed by atoms with Crippen LogP contribution in [0.4, 0.5) is 14.5 Å². The number of amides is 1. The Morgan fingerprint density at radius 2 is 1.91 bits per heavy atom. The van der Waals surface area contributed by atoms with Crippen molar-refractivity contribution < 1.29 is 23.0 Å². The summed E-state index contributed by atoms with van der Waals surface area (Å²) in [5.74, 6) is -1.70. The highest BCUT2D eigenvalue weighted by Crippen LogP contribution is 2.42. The normalized spacial score (nSPS) is 17.3. The van der Waals surface area contributed by atoms with Gasteiger partial charge in [0.1, 0.15) is 5.75 Å². The van der Waals surface area contributed by atoms with Crippen LogP contribution in [0.25, 0.3) is 22.8 Å². The van der Waals surface area contributed by atoms with Gasteiger partial charge in [0.05, 0.1) is 31.1 Å². The monoisotopic (exact) mass is 464 g/mol. The number of carbonyl (C=O) groups is 1. The summed E-state index contributed by atoms with van der Waals surface area (Å²) in [7, 11) is 0. The zero-order valence-corrected chi connectivity index (χ0v) is 19.0. The summed E-state index contributed by atoms with van der Waals surface area (Å²) in [6, 6.07) is 12.1. The fraction of sp³-hybridized carbons (Fsp3) is 0.296. The Labute approximate surface area is 197 Å². The molecule has 34 heavy (non-hydrogen) atoms. The number of anilines is 1. The van der Waals surface area contributed by atoms with E-state index >= 15 is 0 Å². The maximum absolute atomic E-state index is 14.5. The Kier molecular flexibility index (Phi) is 6.30. The molecule has 0 saturated carbocycles. The number of nitrogens with zero attached hydrogens (tertiary/aromatic N) is 1. The highest BCUT2D eigenvalue weighted by molar-refractivity contribution is 6.35. The van der Waals surface area contributed by atoms with E-state index in [1.54, 1.807) is 6.08 Å². The summed E-state index contributed by atoms with van der Waals surface area (Å²) < 4.78 is 40.0. The first-order chi connectivity index (χ1) is 16.5. The van der Waals surface area contributed by atoms with Crippen molar-refractivity contribution in [1.29, 1.82) is 0 Å². The molecule has 0 unspecified atom stereocenters. The lowest BCUT2D eigenvalue weighted by Gasteiger charge is -2.26. The topological polar surface area (TPSA) is 50.8 Å². The average molecular weight is 465 g/mol. The Bertz CT molecular complexity index is 1230. The zero-order chi connectivity index (χ0) is 23.7. The van der Waals surface area contributed by atoms with E-state index in [0.29, 0.717) is 6.61 Å². The lowest BCUT2D eigenvalue weighted by molar-refractivity contribution is -0.110. The number of fused-ring (bicyclic) bond motifs is 2. The number of hydrogen-bond donors (Lipinski definition) is 1. The molecule has 1 aromatic rings. The first-order valence-electron chi connectivity index (χ1n) is 11.5. The molecule has 0 spiro atoms. The lowest BCUT2D eigenvalue weighted by atomic mass is 10.0. The number of morpholine rings is 1. The van der Waals surface area contributed by atoms with E-state index in [4.69, 9.17) is 9.47 Å². The third kappa shape index (κ3) is 4.29. The molecular formula is C27H26F2N2O3. The number of benzene rings is 1. The highest BCUT2D eigenvalue weighted by atomic mass is 19.2. The van der Waals surface area contributed by atoms with E-state index in [0.717, 1.165) is 73.3 Å². The van der Waals surface area contributed by atoms with E-state index in [-0.39, 0.29) is 16.8 Å². The van der Waals surface area contributed by atoms with Gasteiger partial charge in [-0.2, -0.15) is 0 Å². The van der Waals surface area contributed by atoms with Crippen LogP contribution < -0.4 is 10.1 Å². The minimum atomic E-state index is -1.02. The van der Waals surface area contributed by atoms with Crippen LogP contribution in [0, 0.1) is 18.6 Å². The van der Waals surface area contributed by atoms with Crippen LogP contribution in [0.5, 0.6) is 5.75 Å². The van der Waals surface area contributed by atoms with Gasteiger partial charge < -0.3 is 14.8 Å². The minimum absolute atomic E-state index is 0.0307. The van der Waals surface area contributed by atoms with Gasteiger partial charge in [0, 0.05) is 30.8 Å². The smallest absolute Gasteiger partial charge is 0.256 e. The molecule has 5 rings (SSSR count). The summed E-state index contributed by atoms with van der Waals surface area (Å²) in [6.07, 6.45) is 2.53. The van der Waals surface area contributed by atoms with Crippen LogP contribution in [0.15, 0.2) is 42.5 Å². The van der Waals surface area contributed by atoms with Crippen LogP contribution in [0.3, 0.4) is 0 Å². The maximum Gasteiger partial charge on any atom is 0.256 e. The molecular weight excluding hydrogens is 438 g/mol. The van der Waals surface area contributed by atoms with Crippen molar-refractivity contribution in [1.82, 2.24) is 4.90 Å². The molecule has 4 aliphatic rings. The maximum atomic E-state index is 14.5. The van der Waals surface area contributed by atoms with Crippen LogP contribution in [-0.4, -0.2) is 50.3 Å². The second kappa shape index (κ2) is 9.52. The van der Waals surface area contributed by atoms with Crippen LogP contribution in [0.2, 0.25) is 0 Å². The Hall–Kier alpha value is -3.29. The van der Waals surface area contributed by atoms with Crippen molar-refractivity contribution in [2.45, 2.75) is 13.3 Å². The molecule has 2 heterocycles. The molecule has 1 amide bonds. The second-order valence-electron chi connectivity index (χ2n) is 8.61. The van der Waals surface area contributed by atoms with E-state index < -0.39 is 17.5 Å². The molecule has 176 valence electrons. The standard InChI is InChI=1S/C27H26F2N2O3/c1-17-15-18(16-20-25-22(30-27(20)32)8-7-21(28)26(25)29)19-5-2-3-6-23(24(17)19)34-12-4-9-31-10-13-33-14-11-31/h2-3,5-8,15-16H,4,9-14H2,1H3,(H,30,32)/b20-16+. The SMILES string of the molecule is Cc1cc(/C=C2/C(=O)Nc3ccc(F)c(F)c32)c2ccccc(OCCCN3CCOCC3)c1-2. The fourth-order valence-electron chi connectivity index (χ4n) is 4.67. The van der Waals surface area contributed by atoms with Crippen molar-refractivity contribution in [3.05, 3.63) is 70.8 Å². The van der Waals surface area contributed by atoms with Gasteiger partial charge in [0.25, 0.3) is 5.91 Å². The average Bonchev–Trinajstić information content (AvgIpc) is 3.21. The van der Waals surface area contributed by atoms with Gasteiger partial charge in [-0.25, -0.2) is 8.78 Å². The van der Waals surface area contributed by atoms with Gasteiger partial charge in [-0.05, 0) is 54.3 Å². The summed E-state index contributed by atoms with van der Waals surface area (Å²) in [4.78, 5) is 14.9. The third-order valence-corrected chi connectivity index (χ3v) is 6.35. The zero-order valence-electron chi connectivity index (χ0n) is 19.0. The quantitative estimate of drug-likeness (QED) is 0.413. The highest BCUT2D eigenvalue weighted by Gasteiger charge is 2.30. The predicted octanol–water partition coefficient (Wildman–Crippen LogP) is 4.97. The van der Waals surface area contributed by atoms with Gasteiger partial charge in [0.15, 0.2) is 11.6 Å². The summed E-state index contributed by atoms with van der Waals surface area (Å²) in [5, 5.41) is 2.62. The molecule has 5 nitrogen and oxygen atoms in total. The van der Waals surface area contributed by atoms with E-state index in [1.165, 1.54) is 6.07 Å². The van der Waals surface area contributed by atoms with Gasteiger partial charge in [-0.3, -0.25) is 9.69 Å². The molecule has 0 aromatic heterocycles. The van der Waals surface area contributed by atoms with Gasteiger partial charge >= 0.3 is 0 Å². The number of carbonyl (C=O) groups excluding carboxylic acids is 1. The molecule has 2 aliphatic carbocycles. The minimum Gasteiger partial charge on any atom is -0.493 e. The Balaban J connectivity index is 1.40. The van der Waals surface area contributed by atoms with E-state index in [1.807, 2.05) is 37.3 Å². The molecule has 1 aromatic carbocycles. The molecule has 0 atom stereocenters. The number of rotatable bonds is 6. The van der Waals surface area contributed by atoms with Gasteiger partial charge in [0.2, 0.25) is 0 Å². The first kappa shape index (κ1) is 22.5. The fourth-order valence-corrected chi connectivity index (χ4v) is 4.67. The third-order valence-electron chi connectivity index (χ3n) is 6.35. The molecule has 0 radical (unpaired) electrons. The molecule has 2 aliphatic heterocycles. The number of ether oxygens (including phenoxy) is 2. The Morgan fingerprint density at radius 1 is 1.12 bits per heavy atom. The molecule has 1 saturated heterocycles.